The smallest absolute Gasteiger partial charge is 0.282 e. The zero-order valence-electron chi connectivity index (χ0n) is 13.8. The number of nitrogens with one attached hydrogen (secondary N) is 2. The molecule has 0 aliphatic carbocycles. The molecule has 3 heterocycles. The van der Waals surface area contributed by atoms with E-state index in [1.807, 2.05) is 36.5 Å². The van der Waals surface area contributed by atoms with Gasteiger partial charge in [-0.05, 0) is 30.3 Å². The fraction of sp³-hybridized carbons (Fsp3) is 0.278. The standard InChI is InChI=1S/C18H18ClN5O/c19-15-6-4-14(5-7-15)18-21-17(25-22-18)13-23-9-11-24(12-10-23)16-3-1-2-8-20-16/h1-8H,9-13H2/p+2. The van der Waals surface area contributed by atoms with Crippen molar-refractivity contribution in [3.05, 3.63) is 59.6 Å². The van der Waals surface area contributed by atoms with Crippen molar-refractivity contribution in [1.82, 2.24) is 10.1 Å². The Morgan fingerprint density at radius 3 is 2.64 bits per heavy atom. The molecule has 1 fully saturated rings. The van der Waals surface area contributed by atoms with E-state index in [0.717, 1.165) is 38.3 Å². The number of hydrogen-bond donors (Lipinski definition) is 1. The van der Waals surface area contributed by atoms with Crippen LogP contribution in [0.15, 0.2) is 53.2 Å². The van der Waals surface area contributed by atoms with Gasteiger partial charge in [-0.25, -0.2) is 4.98 Å². The van der Waals surface area contributed by atoms with Gasteiger partial charge in [0, 0.05) is 16.7 Å². The van der Waals surface area contributed by atoms with Crippen molar-refractivity contribution in [2.24, 2.45) is 0 Å². The van der Waals surface area contributed by atoms with E-state index in [2.05, 4.69) is 32.2 Å². The number of rotatable bonds is 4. The second-order valence-electron chi connectivity index (χ2n) is 6.18. The van der Waals surface area contributed by atoms with Gasteiger partial charge in [-0.2, -0.15) is 4.98 Å². The van der Waals surface area contributed by atoms with Crippen LogP contribution in [-0.2, 0) is 6.54 Å². The largest absolute Gasteiger partial charge is 0.333 e. The molecule has 4 rings (SSSR count). The summed E-state index contributed by atoms with van der Waals surface area (Å²) < 4.78 is 5.43. The van der Waals surface area contributed by atoms with Gasteiger partial charge in [-0.3, -0.25) is 4.90 Å². The zero-order valence-corrected chi connectivity index (χ0v) is 14.5. The van der Waals surface area contributed by atoms with Gasteiger partial charge < -0.3 is 9.42 Å². The Morgan fingerprint density at radius 2 is 1.92 bits per heavy atom. The maximum Gasteiger partial charge on any atom is 0.282 e. The molecule has 0 bridgehead atoms. The number of quaternary nitrogens is 1. The molecule has 0 spiro atoms. The average Bonchev–Trinajstić information content (AvgIpc) is 3.12. The summed E-state index contributed by atoms with van der Waals surface area (Å²) in [5.74, 6) is 2.47. The number of H-pyrrole nitrogens is 1. The quantitative estimate of drug-likeness (QED) is 0.760. The van der Waals surface area contributed by atoms with E-state index in [1.165, 1.54) is 10.7 Å². The zero-order chi connectivity index (χ0) is 17.1. The summed E-state index contributed by atoms with van der Waals surface area (Å²) in [6.07, 6.45) is 1.96. The SMILES string of the molecule is Clc1ccc(-c2noc(C[NH+]3CCN(c4cccc[nH+]4)CC3)n2)cc1. The molecule has 1 aromatic carbocycles. The summed E-state index contributed by atoms with van der Waals surface area (Å²) in [7, 11) is 0. The van der Waals surface area contributed by atoms with Gasteiger partial charge in [0.25, 0.3) is 11.7 Å². The topological polar surface area (TPSA) is 60.7 Å². The monoisotopic (exact) mass is 357 g/mol. The molecule has 1 aliphatic rings. The molecule has 128 valence electrons. The average molecular weight is 358 g/mol. The summed E-state index contributed by atoms with van der Waals surface area (Å²) in [4.78, 5) is 11.6. The van der Waals surface area contributed by atoms with Crippen LogP contribution in [0.25, 0.3) is 11.4 Å². The van der Waals surface area contributed by atoms with E-state index in [0.29, 0.717) is 16.7 Å². The van der Waals surface area contributed by atoms with Crippen LogP contribution in [0.5, 0.6) is 0 Å². The number of aromatic nitrogens is 3. The molecule has 0 unspecified atom stereocenters. The van der Waals surface area contributed by atoms with Crippen molar-refractivity contribution < 1.29 is 14.4 Å². The molecule has 3 aromatic rings. The minimum atomic E-state index is 0.614. The Balaban J connectivity index is 1.35. The van der Waals surface area contributed by atoms with Crippen LogP contribution >= 0.6 is 11.6 Å². The lowest BCUT2D eigenvalue weighted by molar-refractivity contribution is -0.915. The first kappa shape index (κ1) is 16.1. The number of nitrogens with zero attached hydrogens (tertiary/aromatic N) is 3. The molecule has 7 heteroatoms. The second kappa shape index (κ2) is 7.21. The second-order valence-corrected chi connectivity index (χ2v) is 6.62. The first-order chi connectivity index (χ1) is 12.3. The highest BCUT2D eigenvalue weighted by atomic mass is 35.5. The number of piperazine rings is 1. The van der Waals surface area contributed by atoms with Crippen LogP contribution < -0.4 is 14.8 Å². The van der Waals surface area contributed by atoms with Crippen LogP contribution in [0.3, 0.4) is 0 Å². The number of hydrogen-bond acceptors (Lipinski definition) is 4. The van der Waals surface area contributed by atoms with Gasteiger partial charge in [-0.1, -0.05) is 22.8 Å². The van der Waals surface area contributed by atoms with Gasteiger partial charge in [-0.15, -0.1) is 0 Å². The molecule has 1 aliphatic heterocycles. The minimum absolute atomic E-state index is 0.614. The molecule has 25 heavy (non-hydrogen) atoms. The number of aromatic amines is 1. The summed E-state index contributed by atoms with van der Waals surface area (Å²) in [6.45, 7) is 4.86. The summed E-state index contributed by atoms with van der Waals surface area (Å²) in [6, 6.07) is 13.6. The summed E-state index contributed by atoms with van der Waals surface area (Å²) in [5.41, 5.74) is 0.916. The fourth-order valence-electron chi connectivity index (χ4n) is 3.08. The Kier molecular flexibility index (Phi) is 4.63. The Labute approximate surface area is 151 Å². The number of pyridine rings is 1. The van der Waals surface area contributed by atoms with Crippen LogP contribution in [0.4, 0.5) is 5.82 Å². The summed E-state index contributed by atoms with van der Waals surface area (Å²) >= 11 is 5.92. The van der Waals surface area contributed by atoms with Gasteiger partial charge in [0.2, 0.25) is 5.82 Å². The first-order valence-electron chi connectivity index (χ1n) is 8.42. The van der Waals surface area contributed by atoms with Crippen LogP contribution in [0, 0.1) is 0 Å². The molecule has 6 nitrogen and oxygen atoms in total. The number of benzene rings is 1. The van der Waals surface area contributed by atoms with E-state index < -0.39 is 0 Å². The molecule has 2 N–H and O–H groups in total. The first-order valence-corrected chi connectivity index (χ1v) is 8.79. The number of halogens is 1. The lowest BCUT2D eigenvalue weighted by atomic mass is 10.2. The molecule has 0 amide bonds. The van der Waals surface area contributed by atoms with Gasteiger partial charge >= 0.3 is 0 Å². The molecule has 2 aromatic heterocycles. The third-order valence-electron chi connectivity index (χ3n) is 4.48. The highest BCUT2D eigenvalue weighted by molar-refractivity contribution is 6.30. The third-order valence-corrected chi connectivity index (χ3v) is 4.73. The molecule has 0 radical (unpaired) electrons. The van der Waals surface area contributed by atoms with Crippen LogP contribution in [-0.4, -0.2) is 36.3 Å². The van der Waals surface area contributed by atoms with E-state index in [9.17, 15) is 0 Å². The van der Waals surface area contributed by atoms with Crippen LogP contribution in [0.1, 0.15) is 5.89 Å². The molecule has 0 atom stereocenters. The van der Waals surface area contributed by atoms with Crippen molar-refractivity contribution in [3.63, 3.8) is 0 Å². The maximum absolute atomic E-state index is 5.92. The van der Waals surface area contributed by atoms with Crippen molar-refractivity contribution in [3.8, 4) is 11.4 Å². The van der Waals surface area contributed by atoms with Crippen molar-refractivity contribution in [2.75, 3.05) is 31.1 Å². The highest BCUT2D eigenvalue weighted by Crippen LogP contribution is 2.18. The Hall–Kier alpha value is -2.44. The Bertz CT molecular complexity index is 813. The van der Waals surface area contributed by atoms with Crippen LogP contribution in [0.2, 0.25) is 5.02 Å². The van der Waals surface area contributed by atoms with E-state index in [-0.39, 0.29) is 0 Å². The Morgan fingerprint density at radius 1 is 1.12 bits per heavy atom. The normalized spacial score (nSPS) is 15.5. The van der Waals surface area contributed by atoms with Crippen molar-refractivity contribution >= 4 is 17.4 Å². The summed E-state index contributed by atoms with van der Waals surface area (Å²) in [5, 5.41) is 4.79. The van der Waals surface area contributed by atoms with E-state index in [4.69, 9.17) is 16.1 Å². The predicted molar refractivity (Wildman–Crippen MR) is 94.4 cm³/mol. The lowest BCUT2D eigenvalue weighted by Crippen LogP contribution is -3.13. The van der Waals surface area contributed by atoms with Gasteiger partial charge in [0.15, 0.2) is 6.54 Å². The van der Waals surface area contributed by atoms with E-state index in [1.54, 1.807) is 0 Å². The molecular formula is C18H20ClN5O+2. The van der Waals surface area contributed by atoms with Crippen molar-refractivity contribution in [2.45, 2.75) is 6.54 Å². The molecular weight excluding hydrogens is 338 g/mol. The minimum Gasteiger partial charge on any atom is -0.333 e. The van der Waals surface area contributed by atoms with Gasteiger partial charge in [0.1, 0.15) is 26.2 Å². The maximum atomic E-state index is 5.92. The lowest BCUT2D eigenvalue weighted by Gasteiger charge is -2.27. The molecule has 1 saturated heterocycles. The van der Waals surface area contributed by atoms with Crippen molar-refractivity contribution in [1.29, 1.82) is 0 Å². The predicted octanol–water partition coefficient (Wildman–Crippen LogP) is 1.11. The van der Waals surface area contributed by atoms with E-state index >= 15 is 0 Å². The molecule has 0 saturated carbocycles. The highest BCUT2D eigenvalue weighted by Gasteiger charge is 2.27. The van der Waals surface area contributed by atoms with Gasteiger partial charge in [0.05, 0.1) is 6.20 Å². The third kappa shape index (κ3) is 3.81. The number of anilines is 1. The fourth-order valence-corrected chi connectivity index (χ4v) is 3.20.